The van der Waals surface area contributed by atoms with E-state index in [0.29, 0.717) is 0 Å². The first-order valence-corrected chi connectivity index (χ1v) is 4.39. The highest BCUT2D eigenvalue weighted by atomic mass is 16.3. The van der Waals surface area contributed by atoms with Crippen molar-refractivity contribution < 1.29 is 5.11 Å². The topological polar surface area (TPSA) is 36.4 Å². The van der Waals surface area contributed by atoms with Crippen molar-refractivity contribution in [1.29, 1.82) is 0 Å². The third-order valence-corrected chi connectivity index (χ3v) is 1.98. The predicted molar refractivity (Wildman–Crippen MR) is 52.6 cm³/mol. The second kappa shape index (κ2) is 4.94. The molecule has 3 nitrogen and oxygen atoms in total. The minimum Gasteiger partial charge on any atom is -0.396 e. The summed E-state index contributed by atoms with van der Waals surface area (Å²) in [5, 5.41) is 9.18. The van der Waals surface area contributed by atoms with E-state index in [2.05, 4.69) is 9.88 Å². The zero-order valence-electron chi connectivity index (χ0n) is 8.14. The molecule has 0 bridgehead atoms. The maximum absolute atomic E-state index is 9.18. The van der Waals surface area contributed by atoms with Crippen LogP contribution in [0.25, 0.3) is 0 Å². The minimum atomic E-state index is 0.183. The van der Waals surface area contributed by atoms with Crippen molar-refractivity contribution >= 4 is 0 Å². The molecule has 0 aliphatic rings. The summed E-state index contributed by atoms with van der Waals surface area (Å²) < 4.78 is 0. The summed E-state index contributed by atoms with van der Waals surface area (Å²) in [5.74, 6) is 0.193. The Bertz CT molecular complexity index is 236. The number of aromatic nitrogens is 1. The molecule has 1 rings (SSSR count). The van der Waals surface area contributed by atoms with Crippen LogP contribution in [0.5, 0.6) is 0 Å². The van der Waals surface area contributed by atoms with Crippen LogP contribution >= 0.6 is 0 Å². The number of aliphatic hydroxyl groups excluding tert-OH is 1. The van der Waals surface area contributed by atoms with Gasteiger partial charge in [0.1, 0.15) is 0 Å². The molecule has 1 N–H and O–H groups in total. The fourth-order valence-electron chi connectivity index (χ4n) is 1.34. The summed E-state index contributed by atoms with van der Waals surface area (Å²) >= 11 is 0. The molecule has 1 heterocycles. The van der Waals surface area contributed by atoms with Gasteiger partial charge < -0.3 is 10.0 Å². The van der Waals surface area contributed by atoms with Crippen LogP contribution in [0.2, 0.25) is 0 Å². The Morgan fingerprint density at radius 2 is 2.00 bits per heavy atom. The van der Waals surface area contributed by atoms with Crippen LogP contribution in [0.1, 0.15) is 11.5 Å². The molecule has 0 fully saturated rings. The molecule has 0 aromatic carbocycles. The van der Waals surface area contributed by atoms with Gasteiger partial charge in [-0.2, -0.15) is 0 Å². The lowest BCUT2D eigenvalue weighted by Crippen LogP contribution is -2.22. The number of hydrogen-bond acceptors (Lipinski definition) is 3. The van der Waals surface area contributed by atoms with Gasteiger partial charge in [0.25, 0.3) is 0 Å². The van der Waals surface area contributed by atoms with Crippen LogP contribution in [0.4, 0.5) is 0 Å². The molecule has 3 heteroatoms. The molecule has 0 spiro atoms. The summed E-state index contributed by atoms with van der Waals surface area (Å²) in [6, 6.07) is 3.90. The van der Waals surface area contributed by atoms with Crippen molar-refractivity contribution in [3.05, 3.63) is 30.1 Å². The fraction of sp³-hybridized carbons (Fsp3) is 0.500. The zero-order chi connectivity index (χ0) is 9.68. The monoisotopic (exact) mass is 180 g/mol. The van der Waals surface area contributed by atoms with E-state index in [-0.39, 0.29) is 12.5 Å². The lowest BCUT2D eigenvalue weighted by Gasteiger charge is -2.18. The number of likely N-dealkylation sites (N-methyl/N-ethyl adjacent to an activating group) is 1. The van der Waals surface area contributed by atoms with Crippen LogP contribution in [-0.4, -0.2) is 42.2 Å². The molecule has 1 aromatic heterocycles. The molecule has 0 aliphatic carbocycles. The number of aliphatic hydroxyl groups is 1. The van der Waals surface area contributed by atoms with E-state index in [9.17, 15) is 5.11 Å². The molecule has 13 heavy (non-hydrogen) atoms. The number of hydrogen-bond donors (Lipinski definition) is 1. The highest BCUT2D eigenvalue weighted by Crippen LogP contribution is 2.14. The van der Waals surface area contributed by atoms with Crippen LogP contribution < -0.4 is 0 Å². The van der Waals surface area contributed by atoms with E-state index in [4.69, 9.17) is 0 Å². The Kier molecular flexibility index (Phi) is 3.86. The van der Waals surface area contributed by atoms with Crippen molar-refractivity contribution in [1.82, 2.24) is 9.88 Å². The SMILES string of the molecule is CN(C)CC(CO)c1ccncc1. The third-order valence-electron chi connectivity index (χ3n) is 1.98. The fourth-order valence-corrected chi connectivity index (χ4v) is 1.34. The Morgan fingerprint density at radius 1 is 1.38 bits per heavy atom. The van der Waals surface area contributed by atoms with Crippen molar-refractivity contribution in [2.45, 2.75) is 5.92 Å². The third kappa shape index (κ3) is 3.13. The maximum Gasteiger partial charge on any atom is 0.0512 e. The standard InChI is InChI=1S/C10H16N2O/c1-12(2)7-10(8-13)9-3-5-11-6-4-9/h3-6,10,13H,7-8H2,1-2H3. The molecule has 72 valence electrons. The van der Waals surface area contributed by atoms with Crippen LogP contribution in [0.3, 0.4) is 0 Å². The maximum atomic E-state index is 9.18. The van der Waals surface area contributed by atoms with Gasteiger partial charge in [-0.05, 0) is 31.8 Å². The first-order valence-electron chi connectivity index (χ1n) is 4.39. The Balaban J connectivity index is 2.67. The molecule has 0 aliphatic heterocycles. The van der Waals surface area contributed by atoms with Crippen LogP contribution in [0, 0.1) is 0 Å². The molecule has 1 unspecified atom stereocenters. The van der Waals surface area contributed by atoms with Gasteiger partial charge in [-0.15, -0.1) is 0 Å². The molecule has 0 amide bonds. The number of nitrogens with zero attached hydrogens (tertiary/aromatic N) is 2. The van der Waals surface area contributed by atoms with Gasteiger partial charge in [-0.25, -0.2) is 0 Å². The smallest absolute Gasteiger partial charge is 0.0512 e. The van der Waals surface area contributed by atoms with E-state index < -0.39 is 0 Å². The average molecular weight is 180 g/mol. The van der Waals surface area contributed by atoms with Crippen molar-refractivity contribution in [3.8, 4) is 0 Å². The van der Waals surface area contributed by atoms with E-state index in [1.807, 2.05) is 26.2 Å². The first kappa shape index (κ1) is 10.2. The van der Waals surface area contributed by atoms with E-state index in [1.165, 1.54) is 0 Å². The van der Waals surface area contributed by atoms with E-state index in [0.717, 1.165) is 12.1 Å². The van der Waals surface area contributed by atoms with Crippen molar-refractivity contribution in [2.75, 3.05) is 27.2 Å². The van der Waals surface area contributed by atoms with Crippen molar-refractivity contribution in [3.63, 3.8) is 0 Å². The predicted octanol–water partition coefficient (Wildman–Crippen LogP) is 0.719. The molecule has 1 aromatic rings. The summed E-state index contributed by atoms with van der Waals surface area (Å²) in [7, 11) is 4.01. The largest absolute Gasteiger partial charge is 0.396 e. The Hall–Kier alpha value is -0.930. The van der Waals surface area contributed by atoms with Gasteiger partial charge in [0.15, 0.2) is 0 Å². The summed E-state index contributed by atoms with van der Waals surface area (Å²) in [6.45, 7) is 1.04. The van der Waals surface area contributed by atoms with Gasteiger partial charge in [-0.3, -0.25) is 4.98 Å². The lowest BCUT2D eigenvalue weighted by atomic mass is 10.0. The Morgan fingerprint density at radius 3 is 2.46 bits per heavy atom. The van der Waals surface area contributed by atoms with Gasteiger partial charge >= 0.3 is 0 Å². The van der Waals surface area contributed by atoms with Crippen LogP contribution in [0.15, 0.2) is 24.5 Å². The average Bonchev–Trinajstić information content (AvgIpc) is 2.15. The van der Waals surface area contributed by atoms with Crippen LogP contribution in [-0.2, 0) is 0 Å². The summed E-state index contributed by atoms with van der Waals surface area (Å²) in [6.07, 6.45) is 3.52. The summed E-state index contributed by atoms with van der Waals surface area (Å²) in [5.41, 5.74) is 1.14. The molecule has 0 saturated heterocycles. The number of pyridine rings is 1. The highest BCUT2D eigenvalue weighted by Gasteiger charge is 2.10. The number of rotatable bonds is 4. The minimum absolute atomic E-state index is 0.183. The second-order valence-corrected chi connectivity index (χ2v) is 3.42. The molecule has 1 atom stereocenters. The molecule has 0 saturated carbocycles. The van der Waals surface area contributed by atoms with Gasteiger partial charge in [0, 0.05) is 24.9 Å². The molecule has 0 radical (unpaired) electrons. The lowest BCUT2D eigenvalue weighted by molar-refractivity contribution is 0.235. The van der Waals surface area contributed by atoms with Gasteiger partial charge in [0.2, 0.25) is 0 Å². The van der Waals surface area contributed by atoms with Crippen molar-refractivity contribution in [2.24, 2.45) is 0 Å². The zero-order valence-corrected chi connectivity index (χ0v) is 8.14. The molecular formula is C10H16N2O. The summed E-state index contributed by atoms with van der Waals surface area (Å²) in [4.78, 5) is 6.02. The highest BCUT2D eigenvalue weighted by molar-refractivity contribution is 5.16. The van der Waals surface area contributed by atoms with Gasteiger partial charge in [0.05, 0.1) is 6.61 Å². The molecular weight excluding hydrogens is 164 g/mol. The second-order valence-electron chi connectivity index (χ2n) is 3.42. The first-order chi connectivity index (χ1) is 6.24. The quantitative estimate of drug-likeness (QED) is 0.741. The van der Waals surface area contributed by atoms with E-state index >= 15 is 0 Å². The Labute approximate surface area is 79.0 Å². The van der Waals surface area contributed by atoms with E-state index in [1.54, 1.807) is 12.4 Å². The normalized spacial score (nSPS) is 13.2. The van der Waals surface area contributed by atoms with Gasteiger partial charge in [-0.1, -0.05) is 0 Å².